The normalized spacial score (nSPS) is 22.7. The van der Waals surface area contributed by atoms with E-state index in [1.807, 2.05) is 0 Å². The highest BCUT2D eigenvalue weighted by atomic mass is 19.1. The van der Waals surface area contributed by atoms with Crippen molar-refractivity contribution in [2.24, 2.45) is 0 Å². The molecular weight excluding hydrogens is 344 g/mol. The molecule has 3 rings (SSSR count). The average molecular weight is 363 g/mol. The van der Waals surface area contributed by atoms with Gasteiger partial charge < -0.3 is 14.8 Å². The maximum absolute atomic E-state index is 13.6. The van der Waals surface area contributed by atoms with E-state index in [0.29, 0.717) is 24.0 Å². The fourth-order valence-electron chi connectivity index (χ4n) is 3.12. The van der Waals surface area contributed by atoms with Crippen molar-refractivity contribution in [1.29, 1.82) is 0 Å². The van der Waals surface area contributed by atoms with Crippen molar-refractivity contribution in [2.75, 3.05) is 7.11 Å². The number of hydrogen-bond acceptors (Lipinski definition) is 5. The molecule has 26 heavy (non-hydrogen) atoms. The van der Waals surface area contributed by atoms with E-state index in [4.69, 9.17) is 9.47 Å². The number of aromatic nitrogens is 2. The molecule has 1 aromatic heterocycles. The van der Waals surface area contributed by atoms with Crippen molar-refractivity contribution in [3.8, 4) is 6.01 Å². The van der Waals surface area contributed by atoms with Gasteiger partial charge >= 0.3 is 6.01 Å². The second kappa shape index (κ2) is 7.74. The van der Waals surface area contributed by atoms with Crippen molar-refractivity contribution in [1.82, 2.24) is 15.3 Å². The molecular formula is C18H19F2N3O3. The number of carbonyl (C=O) groups excluding carboxylic acids is 1. The Balaban J connectivity index is 1.87. The number of carbonyl (C=O) groups is 1. The third-order valence-corrected chi connectivity index (χ3v) is 4.19. The zero-order valence-electron chi connectivity index (χ0n) is 14.4. The summed E-state index contributed by atoms with van der Waals surface area (Å²) in [6.45, 7) is 1.43. The third kappa shape index (κ3) is 4.32. The summed E-state index contributed by atoms with van der Waals surface area (Å²) in [4.78, 5) is 19.6. The molecule has 0 bridgehead atoms. The number of benzene rings is 1. The van der Waals surface area contributed by atoms with Crippen LogP contribution in [0.15, 0.2) is 30.6 Å². The molecule has 0 saturated carbocycles. The average Bonchev–Trinajstić information content (AvgIpc) is 2.60. The van der Waals surface area contributed by atoms with Crippen LogP contribution in [0.4, 0.5) is 8.78 Å². The Labute approximate surface area is 149 Å². The van der Waals surface area contributed by atoms with E-state index >= 15 is 0 Å². The van der Waals surface area contributed by atoms with Crippen LogP contribution in [0.25, 0.3) is 0 Å². The van der Waals surface area contributed by atoms with Gasteiger partial charge in [0.2, 0.25) is 5.91 Å². The lowest BCUT2D eigenvalue weighted by Gasteiger charge is -2.36. The van der Waals surface area contributed by atoms with Crippen molar-refractivity contribution >= 4 is 5.91 Å². The monoisotopic (exact) mass is 363 g/mol. The van der Waals surface area contributed by atoms with Gasteiger partial charge in [-0.1, -0.05) is 0 Å². The summed E-state index contributed by atoms with van der Waals surface area (Å²) in [5.41, 5.74) is 1.08. The van der Waals surface area contributed by atoms with Gasteiger partial charge in [0.25, 0.3) is 0 Å². The highest BCUT2D eigenvalue weighted by Gasteiger charge is 2.32. The maximum atomic E-state index is 13.6. The van der Waals surface area contributed by atoms with Crippen molar-refractivity contribution < 1.29 is 23.0 Å². The van der Waals surface area contributed by atoms with E-state index in [1.54, 1.807) is 12.4 Å². The fraction of sp³-hybridized carbons (Fsp3) is 0.389. The van der Waals surface area contributed by atoms with Crippen LogP contribution in [0.5, 0.6) is 6.01 Å². The minimum atomic E-state index is -0.672. The summed E-state index contributed by atoms with van der Waals surface area (Å²) in [6.07, 6.45) is 3.08. The second-order valence-electron chi connectivity index (χ2n) is 6.19. The smallest absolute Gasteiger partial charge is 0.316 e. The fourth-order valence-corrected chi connectivity index (χ4v) is 3.12. The van der Waals surface area contributed by atoms with Gasteiger partial charge in [0, 0.05) is 37.0 Å². The molecule has 1 fully saturated rings. The molecule has 1 amide bonds. The SMILES string of the molecule is COc1ncc([C@@H]2C[C@H](NC(C)=O)C[C@H](c3cc(F)cc(F)c3)O2)cn1. The van der Waals surface area contributed by atoms with Gasteiger partial charge in [-0.25, -0.2) is 18.7 Å². The zero-order valence-corrected chi connectivity index (χ0v) is 14.4. The van der Waals surface area contributed by atoms with Crippen LogP contribution in [0, 0.1) is 11.6 Å². The minimum absolute atomic E-state index is 0.175. The number of rotatable bonds is 4. The summed E-state index contributed by atoms with van der Waals surface area (Å²) in [7, 11) is 1.47. The molecule has 1 N–H and O–H groups in total. The number of hydrogen-bond donors (Lipinski definition) is 1. The summed E-state index contributed by atoms with van der Waals surface area (Å²) < 4.78 is 38.2. The summed E-state index contributed by atoms with van der Waals surface area (Å²) in [5.74, 6) is -1.52. The predicted octanol–water partition coefficient (Wildman–Crippen LogP) is 2.86. The Morgan fingerprint density at radius 1 is 1.12 bits per heavy atom. The van der Waals surface area contributed by atoms with E-state index in [9.17, 15) is 13.6 Å². The summed E-state index contributed by atoms with van der Waals surface area (Å²) in [6, 6.07) is 3.32. The Morgan fingerprint density at radius 2 is 1.69 bits per heavy atom. The molecule has 6 nitrogen and oxygen atoms in total. The van der Waals surface area contributed by atoms with Crippen molar-refractivity contribution in [3.63, 3.8) is 0 Å². The number of ether oxygens (including phenoxy) is 2. The molecule has 0 spiro atoms. The van der Waals surface area contributed by atoms with Gasteiger partial charge in [0.15, 0.2) is 0 Å². The first-order valence-corrected chi connectivity index (χ1v) is 8.19. The lowest BCUT2D eigenvalue weighted by atomic mass is 9.92. The predicted molar refractivity (Wildman–Crippen MR) is 88.3 cm³/mol. The van der Waals surface area contributed by atoms with Crippen molar-refractivity contribution in [2.45, 2.75) is 38.0 Å². The Morgan fingerprint density at radius 3 is 2.23 bits per heavy atom. The van der Waals surface area contributed by atoms with Crippen LogP contribution in [-0.2, 0) is 9.53 Å². The summed E-state index contributed by atoms with van der Waals surface area (Å²) >= 11 is 0. The van der Waals surface area contributed by atoms with Gasteiger partial charge in [0.1, 0.15) is 11.6 Å². The van der Waals surface area contributed by atoms with Crippen LogP contribution in [0.1, 0.15) is 43.1 Å². The first-order chi connectivity index (χ1) is 12.4. The Bertz CT molecular complexity index is 766. The Hall–Kier alpha value is -2.61. The number of methoxy groups -OCH3 is 1. The number of amides is 1. The van der Waals surface area contributed by atoms with Gasteiger partial charge in [0.05, 0.1) is 19.3 Å². The lowest BCUT2D eigenvalue weighted by Crippen LogP contribution is -2.39. The van der Waals surface area contributed by atoms with E-state index in [0.717, 1.165) is 6.07 Å². The first kappa shape index (κ1) is 18.2. The molecule has 0 radical (unpaired) electrons. The molecule has 1 aromatic carbocycles. The van der Waals surface area contributed by atoms with Gasteiger partial charge in [-0.15, -0.1) is 0 Å². The van der Waals surface area contributed by atoms with E-state index in [1.165, 1.54) is 26.2 Å². The van der Waals surface area contributed by atoms with Crippen LogP contribution < -0.4 is 10.1 Å². The summed E-state index contributed by atoms with van der Waals surface area (Å²) in [5, 5.41) is 2.86. The highest BCUT2D eigenvalue weighted by molar-refractivity contribution is 5.73. The molecule has 3 atom stereocenters. The molecule has 2 aromatic rings. The molecule has 138 valence electrons. The molecule has 8 heteroatoms. The van der Waals surface area contributed by atoms with E-state index in [-0.39, 0.29) is 18.0 Å². The standard InChI is InChI=1S/C18H19F2N3O3/c1-10(24)23-15-6-16(11-3-13(19)5-14(20)4-11)26-17(7-15)12-8-21-18(25-2)22-9-12/h3-5,8-9,15-17H,6-7H2,1-2H3,(H,23,24)/t15-,16-,17+/m1/s1. The van der Waals surface area contributed by atoms with Crippen LogP contribution in [0.3, 0.4) is 0 Å². The van der Waals surface area contributed by atoms with Crippen molar-refractivity contribution in [3.05, 3.63) is 53.4 Å². The third-order valence-electron chi connectivity index (χ3n) is 4.19. The number of nitrogens with one attached hydrogen (secondary N) is 1. The lowest BCUT2D eigenvalue weighted by molar-refractivity contribution is -0.122. The molecule has 0 aliphatic carbocycles. The van der Waals surface area contributed by atoms with E-state index in [2.05, 4.69) is 15.3 Å². The topological polar surface area (TPSA) is 73.3 Å². The maximum Gasteiger partial charge on any atom is 0.316 e. The van der Waals surface area contributed by atoms with E-state index < -0.39 is 23.8 Å². The molecule has 1 saturated heterocycles. The molecule has 2 heterocycles. The largest absolute Gasteiger partial charge is 0.467 e. The minimum Gasteiger partial charge on any atom is -0.467 e. The highest BCUT2D eigenvalue weighted by Crippen LogP contribution is 2.39. The molecule has 1 aliphatic heterocycles. The van der Waals surface area contributed by atoms with Gasteiger partial charge in [-0.3, -0.25) is 4.79 Å². The number of halogens is 2. The zero-order chi connectivity index (χ0) is 18.7. The van der Waals surface area contributed by atoms with Crippen LogP contribution in [0.2, 0.25) is 0 Å². The number of nitrogens with zero attached hydrogens (tertiary/aromatic N) is 2. The quantitative estimate of drug-likeness (QED) is 0.904. The van der Waals surface area contributed by atoms with Crippen LogP contribution in [-0.4, -0.2) is 29.0 Å². The van der Waals surface area contributed by atoms with Gasteiger partial charge in [-0.05, 0) is 30.5 Å². The molecule has 1 aliphatic rings. The first-order valence-electron chi connectivity index (χ1n) is 8.19. The van der Waals surface area contributed by atoms with Crippen LogP contribution >= 0.6 is 0 Å². The Kier molecular flexibility index (Phi) is 5.41. The molecule has 0 unspecified atom stereocenters. The second-order valence-corrected chi connectivity index (χ2v) is 6.19. The van der Waals surface area contributed by atoms with Gasteiger partial charge in [-0.2, -0.15) is 0 Å².